The second kappa shape index (κ2) is 6.30. The highest BCUT2D eigenvalue weighted by Crippen LogP contribution is 2.36. The van der Waals surface area contributed by atoms with Crippen LogP contribution in [0.3, 0.4) is 0 Å². The van der Waals surface area contributed by atoms with Crippen LogP contribution in [0, 0.1) is 0 Å². The Labute approximate surface area is 153 Å². The van der Waals surface area contributed by atoms with Gasteiger partial charge >= 0.3 is 0 Å². The minimum Gasteiger partial charge on any atom is -0.339 e. The SMILES string of the molecule is Clc1ccccc1-c1nc2cccc(Br)n2c1Nc1ccccc1. The summed E-state index contributed by atoms with van der Waals surface area (Å²) in [5.74, 6) is 0.872. The van der Waals surface area contributed by atoms with E-state index >= 15 is 0 Å². The lowest BCUT2D eigenvalue weighted by Crippen LogP contribution is -1.98. The van der Waals surface area contributed by atoms with E-state index in [0.717, 1.165) is 33.0 Å². The summed E-state index contributed by atoms with van der Waals surface area (Å²) in [7, 11) is 0. The molecule has 0 unspecified atom stereocenters. The van der Waals surface area contributed by atoms with Gasteiger partial charge in [-0.3, -0.25) is 4.40 Å². The fraction of sp³-hybridized carbons (Fsp3) is 0. The molecule has 0 atom stereocenters. The van der Waals surface area contributed by atoms with Crippen LogP contribution in [0.5, 0.6) is 0 Å². The largest absolute Gasteiger partial charge is 0.339 e. The molecule has 2 heterocycles. The molecular weight excluding hydrogens is 386 g/mol. The quantitative estimate of drug-likeness (QED) is 0.419. The Hall–Kier alpha value is -2.30. The molecule has 0 amide bonds. The number of benzene rings is 2. The third kappa shape index (κ3) is 2.68. The number of rotatable bonds is 3. The Kier molecular flexibility index (Phi) is 4.00. The molecule has 2 aromatic carbocycles. The van der Waals surface area contributed by atoms with Gasteiger partial charge in [-0.1, -0.05) is 54.1 Å². The number of hydrogen-bond acceptors (Lipinski definition) is 2. The van der Waals surface area contributed by atoms with Crippen LogP contribution >= 0.6 is 27.5 Å². The number of para-hydroxylation sites is 1. The molecule has 3 nitrogen and oxygen atoms in total. The zero-order valence-electron chi connectivity index (χ0n) is 12.6. The molecule has 0 bridgehead atoms. The normalized spacial score (nSPS) is 10.9. The first-order chi connectivity index (χ1) is 11.7. The summed E-state index contributed by atoms with van der Waals surface area (Å²) in [6, 6.07) is 23.7. The van der Waals surface area contributed by atoms with Gasteiger partial charge in [0.2, 0.25) is 0 Å². The van der Waals surface area contributed by atoms with E-state index in [1.165, 1.54) is 0 Å². The van der Waals surface area contributed by atoms with Crippen molar-refractivity contribution in [1.82, 2.24) is 9.38 Å². The number of anilines is 2. The summed E-state index contributed by atoms with van der Waals surface area (Å²) in [4.78, 5) is 4.79. The summed E-state index contributed by atoms with van der Waals surface area (Å²) in [6.45, 7) is 0. The summed E-state index contributed by atoms with van der Waals surface area (Å²) < 4.78 is 2.95. The molecule has 0 saturated carbocycles. The standard InChI is InChI=1S/C19H13BrClN3/c20-16-11-6-12-17-23-18(14-9-4-5-10-15(14)21)19(24(16)17)22-13-7-2-1-3-8-13/h1-12,22H. The highest BCUT2D eigenvalue weighted by Gasteiger charge is 2.17. The van der Waals surface area contributed by atoms with Gasteiger partial charge in [-0.25, -0.2) is 4.98 Å². The third-order valence-corrected chi connectivity index (χ3v) is 4.71. The molecule has 0 aliphatic rings. The number of aromatic nitrogens is 2. The molecule has 1 N–H and O–H groups in total. The van der Waals surface area contributed by atoms with Crippen molar-refractivity contribution in [2.24, 2.45) is 0 Å². The Morgan fingerprint density at radius 2 is 1.62 bits per heavy atom. The summed E-state index contributed by atoms with van der Waals surface area (Å²) in [5, 5.41) is 4.15. The molecule has 2 aromatic heterocycles. The van der Waals surface area contributed by atoms with Crippen LogP contribution < -0.4 is 5.32 Å². The molecule has 24 heavy (non-hydrogen) atoms. The van der Waals surface area contributed by atoms with E-state index < -0.39 is 0 Å². The zero-order chi connectivity index (χ0) is 16.5. The van der Waals surface area contributed by atoms with Crippen LogP contribution in [-0.2, 0) is 0 Å². The second-order valence-corrected chi connectivity index (χ2v) is 6.54. The van der Waals surface area contributed by atoms with Gasteiger partial charge in [0, 0.05) is 11.3 Å². The number of imidazole rings is 1. The van der Waals surface area contributed by atoms with Crippen molar-refractivity contribution in [2.45, 2.75) is 0 Å². The molecule has 4 aromatic rings. The van der Waals surface area contributed by atoms with E-state index in [1.807, 2.05) is 77.2 Å². The minimum absolute atomic E-state index is 0.674. The lowest BCUT2D eigenvalue weighted by atomic mass is 10.1. The number of fused-ring (bicyclic) bond motifs is 1. The van der Waals surface area contributed by atoms with Gasteiger partial charge in [0.25, 0.3) is 0 Å². The topological polar surface area (TPSA) is 29.3 Å². The number of nitrogens with one attached hydrogen (secondary N) is 1. The maximum absolute atomic E-state index is 6.41. The average Bonchev–Trinajstić information content (AvgIpc) is 2.96. The average molecular weight is 399 g/mol. The summed E-state index contributed by atoms with van der Waals surface area (Å²) in [5.41, 5.74) is 3.55. The van der Waals surface area contributed by atoms with Gasteiger partial charge in [-0.15, -0.1) is 0 Å². The predicted octanol–water partition coefficient (Wildman–Crippen LogP) is 6.16. The number of pyridine rings is 1. The maximum Gasteiger partial charge on any atom is 0.144 e. The van der Waals surface area contributed by atoms with Crippen LogP contribution in [-0.4, -0.2) is 9.38 Å². The van der Waals surface area contributed by atoms with Crippen LogP contribution in [0.25, 0.3) is 16.9 Å². The Bertz CT molecular complexity index is 1010. The molecule has 0 saturated heterocycles. The van der Waals surface area contributed by atoms with Crippen molar-refractivity contribution < 1.29 is 0 Å². The Morgan fingerprint density at radius 3 is 2.42 bits per heavy atom. The Morgan fingerprint density at radius 1 is 0.875 bits per heavy atom. The van der Waals surface area contributed by atoms with Crippen molar-refractivity contribution in [1.29, 1.82) is 0 Å². The first-order valence-corrected chi connectivity index (χ1v) is 8.65. The Balaban J connectivity index is 1.98. The maximum atomic E-state index is 6.41. The van der Waals surface area contributed by atoms with Crippen molar-refractivity contribution in [3.8, 4) is 11.3 Å². The van der Waals surface area contributed by atoms with Crippen LogP contribution in [0.15, 0.2) is 77.4 Å². The van der Waals surface area contributed by atoms with Gasteiger partial charge in [0.1, 0.15) is 17.2 Å². The first-order valence-electron chi connectivity index (χ1n) is 7.48. The highest BCUT2D eigenvalue weighted by atomic mass is 79.9. The van der Waals surface area contributed by atoms with Crippen molar-refractivity contribution in [3.63, 3.8) is 0 Å². The summed E-state index contributed by atoms with van der Waals surface area (Å²) >= 11 is 10.0. The molecule has 0 spiro atoms. The van der Waals surface area contributed by atoms with Gasteiger partial charge in [0.15, 0.2) is 0 Å². The highest BCUT2D eigenvalue weighted by molar-refractivity contribution is 9.10. The van der Waals surface area contributed by atoms with Gasteiger partial charge in [-0.2, -0.15) is 0 Å². The van der Waals surface area contributed by atoms with Crippen LogP contribution in [0.1, 0.15) is 0 Å². The predicted molar refractivity (Wildman–Crippen MR) is 103 cm³/mol. The third-order valence-electron chi connectivity index (χ3n) is 3.76. The molecule has 0 radical (unpaired) electrons. The monoisotopic (exact) mass is 397 g/mol. The van der Waals surface area contributed by atoms with E-state index in [-0.39, 0.29) is 0 Å². The van der Waals surface area contributed by atoms with E-state index in [9.17, 15) is 0 Å². The van der Waals surface area contributed by atoms with Crippen molar-refractivity contribution >= 4 is 44.7 Å². The van der Waals surface area contributed by atoms with Crippen LogP contribution in [0.4, 0.5) is 11.5 Å². The smallest absolute Gasteiger partial charge is 0.144 e. The number of nitrogens with zero attached hydrogens (tertiary/aromatic N) is 2. The summed E-state index contributed by atoms with van der Waals surface area (Å²) in [6.07, 6.45) is 0. The molecule has 0 aliphatic heterocycles. The fourth-order valence-electron chi connectivity index (χ4n) is 2.67. The lowest BCUT2D eigenvalue weighted by molar-refractivity contribution is 1.14. The zero-order valence-corrected chi connectivity index (χ0v) is 14.9. The van der Waals surface area contributed by atoms with Crippen molar-refractivity contribution in [2.75, 3.05) is 5.32 Å². The van der Waals surface area contributed by atoms with Gasteiger partial charge in [-0.05, 0) is 46.3 Å². The molecule has 0 fully saturated rings. The van der Waals surface area contributed by atoms with Gasteiger partial charge < -0.3 is 5.32 Å². The molecule has 4 rings (SSSR count). The van der Waals surface area contributed by atoms with Crippen molar-refractivity contribution in [3.05, 3.63) is 82.4 Å². The van der Waals surface area contributed by atoms with Crippen LogP contribution in [0.2, 0.25) is 5.02 Å². The fourth-order valence-corrected chi connectivity index (χ4v) is 3.41. The van der Waals surface area contributed by atoms with Gasteiger partial charge in [0.05, 0.1) is 9.63 Å². The molecular formula is C19H13BrClN3. The second-order valence-electron chi connectivity index (χ2n) is 5.32. The molecule has 0 aliphatic carbocycles. The van der Waals surface area contributed by atoms with E-state index in [1.54, 1.807) is 0 Å². The van der Waals surface area contributed by atoms with E-state index in [4.69, 9.17) is 16.6 Å². The molecule has 5 heteroatoms. The van der Waals surface area contributed by atoms with E-state index in [2.05, 4.69) is 21.2 Å². The van der Waals surface area contributed by atoms with E-state index in [0.29, 0.717) is 5.02 Å². The first kappa shape index (κ1) is 15.2. The molecule has 118 valence electrons. The lowest BCUT2D eigenvalue weighted by Gasteiger charge is -2.10. The number of halogens is 2. The number of hydrogen-bond donors (Lipinski definition) is 1. The minimum atomic E-state index is 0.674.